The lowest BCUT2D eigenvalue weighted by atomic mass is 10.0. The van der Waals surface area contributed by atoms with Gasteiger partial charge in [-0.15, -0.1) is 0 Å². The van der Waals surface area contributed by atoms with Crippen LogP contribution in [0.4, 0.5) is 4.79 Å². The molecule has 0 saturated heterocycles. The fourth-order valence-electron chi connectivity index (χ4n) is 2.84. The minimum atomic E-state index is -0.980. The highest BCUT2D eigenvalue weighted by Gasteiger charge is 2.17. The summed E-state index contributed by atoms with van der Waals surface area (Å²) in [6, 6.07) is 9.50. The zero-order chi connectivity index (χ0) is 20.0. The number of carbonyl (C=O) groups excluding carboxylic acids is 1. The first kappa shape index (κ1) is 20.1. The molecular weight excluding hydrogens is 348 g/mol. The Bertz CT molecular complexity index is 818. The molecule has 0 aliphatic carbocycles. The molecule has 7 heteroatoms. The van der Waals surface area contributed by atoms with E-state index < -0.39 is 5.97 Å². The minimum absolute atomic E-state index is 0.209. The van der Waals surface area contributed by atoms with Gasteiger partial charge in [0.1, 0.15) is 0 Å². The quantitative estimate of drug-likeness (QED) is 0.693. The van der Waals surface area contributed by atoms with E-state index in [1.165, 1.54) is 12.1 Å². The van der Waals surface area contributed by atoms with Gasteiger partial charge in [-0.3, -0.25) is 0 Å². The molecule has 0 aliphatic rings. The van der Waals surface area contributed by atoms with Crippen LogP contribution in [-0.2, 0) is 6.54 Å². The van der Waals surface area contributed by atoms with Crippen LogP contribution in [-0.4, -0.2) is 31.3 Å². The zero-order valence-corrected chi connectivity index (χ0v) is 15.8. The highest BCUT2D eigenvalue weighted by atomic mass is 16.5. The second-order valence-electron chi connectivity index (χ2n) is 6.07. The van der Waals surface area contributed by atoms with Gasteiger partial charge >= 0.3 is 12.0 Å². The topological polar surface area (TPSA) is 96.9 Å². The Hall–Kier alpha value is -3.22. The van der Waals surface area contributed by atoms with Gasteiger partial charge in [0.15, 0.2) is 11.5 Å². The molecule has 7 nitrogen and oxygen atoms in total. The minimum Gasteiger partial charge on any atom is -0.493 e. The molecule has 0 spiro atoms. The number of ether oxygens (including phenoxy) is 2. The predicted octanol–water partition coefficient (Wildman–Crippen LogP) is 3.27. The number of aromatic carboxylic acids is 1. The summed E-state index contributed by atoms with van der Waals surface area (Å²) < 4.78 is 10.7. The third kappa shape index (κ3) is 4.91. The largest absolute Gasteiger partial charge is 0.493 e. The molecule has 0 bridgehead atoms. The van der Waals surface area contributed by atoms with E-state index >= 15 is 0 Å². The molecule has 2 aromatic carbocycles. The smallest absolute Gasteiger partial charge is 0.335 e. The van der Waals surface area contributed by atoms with Crippen LogP contribution < -0.4 is 20.1 Å². The van der Waals surface area contributed by atoms with Gasteiger partial charge in [-0.2, -0.15) is 0 Å². The van der Waals surface area contributed by atoms with Crippen molar-refractivity contribution in [2.24, 2.45) is 0 Å². The van der Waals surface area contributed by atoms with Crippen LogP contribution in [0, 0.1) is 6.92 Å². The molecular formula is C20H24N2O5. The molecule has 1 unspecified atom stereocenters. The van der Waals surface area contributed by atoms with Crippen LogP contribution in [0.15, 0.2) is 36.4 Å². The maximum Gasteiger partial charge on any atom is 0.335 e. The normalized spacial score (nSPS) is 11.4. The lowest BCUT2D eigenvalue weighted by Gasteiger charge is -2.20. The van der Waals surface area contributed by atoms with E-state index in [0.717, 1.165) is 16.7 Å². The van der Waals surface area contributed by atoms with Crippen molar-refractivity contribution in [3.05, 3.63) is 58.7 Å². The van der Waals surface area contributed by atoms with Gasteiger partial charge in [0.05, 0.1) is 25.8 Å². The molecule has 3 N–H and O–H groups in total. The fraction of sp³-hybridized carbons (Fsp3) is 0.300. The first-order chi connectivity index (χ1) is 12.9. The summed E-state index contributed by atoms with van der Waals surface area (Å²) in [5.41, 5.74) is 2.84. The molecule has 144 valence electrons. The van der Waals surface area contributed by atoms with Crippen LogP contribution in [0.3, 0.4) is 0 Å². The molecule has 1 atom stereocenters. The molecule has 0 heterocycles. The van der Waals surface area contributed by atoms with Gasteiger partial charge in [0, 0.05) is 12.1 Å². The summed E-state index contributed by atoms with van der Waals surface area (Å²) in [6.07, 6.45) is 0. The first-order valence-electron chi connectivity index (χ1n) is 8.45. The lowest BCUT2D eigenvalue weighted by Crippen LogP contribution is -2.36. The summed E-state index contributed by atoms with van der Waals surface area (Å²) in [5.74, 6) is 0.300. The van der Waals surface area contributed by atoms with Crippen LogP contribution in [0.2, 0.25) is 0 Å². The van der Waals surface area contributed by atoms with E-state index in [0.29, 0.717) is 18.0 Å². The number of carboxylic acid groups (broad SMARTS) is 1. The second-order valence-corrected chi connectivity index (χ2v) is 6.07. The van der Waals surface area contributed by atoms with Gasteiger partial charge in [0.2, 0.25) is 0 Å². The molecule has 0 saturated carbocycles. The van der Waals surface area contributed by atoms with Crippen molar-refractivity contribution >= 4 is 12.0 Å². The monoisotopic (exact) mass is 372 g/mol. The molecule has 2 amide bonds. The van der Waals surface area contributed by atoms with E-state index in [4.69, 9.17) is 14.6 Å². The van der Waals surface area contributed by atoms with Crippen LogP contribution in [0.5, 0.6) is 11.5 Å². The number of rotatable bonds is 7. The SMILES string of the molecule is COc1ccc(C(C)NC(=O)NCc2ccc(C(=O)O)cc2)c(C)c1OC. The van der Waals surface area contributed by atoms with E-state index in [1.807, 2.05) is 19.9 Å². The van der Waals surface area contributed by atoms with Crippen molar-refractivity contribution in [3.8, 4) is 11.5 Å². The van der Waals surface area contributed by atoms with Crippen molar-refractivity contribution in [1.82, 2.24) is 10.6 Å². The van der Waals surface area contributed by atoms with Crippen molar-refractivity contribution in [1.29, 1.82) is 0 Å². The Balaban J connectivity index is 1.98. The van der Waals surface area contributed by atoms with Crippen molar-refractivity contribution < 1.29 is 24.2 Å². The molecule has 0 radical (unpaired) electrons. The number of urea groups is 1. The van der Waals surface area contributed by atoms with E-state index in [2.05, 4.69) is 10.6 Å². The molecule has 0 aromatic heterocycles. The maximum atomic E-state index is 12.2. The van der Waals surface area contributed by atoms with Crippen molar-refractivity contribution in [2.75, 3.05) is 14.2 Å². The van der Waals surface area contributed by atoms with Crippen LogP contribution in [0.1, 0.15) is 40.0 Å². The molecule has 0 aliphatic heterocycles. The van der Waals surface area contributed by atoms with Gasteiger partial charge < -0.3 is 25.2 Å². The number of methoxy groups -OCH3 is 2. The van der Waals surface area contributed by atoms with Gasteiger partial charge in [0.25, 0.3) is 0 Å². The summed E-state index contributed by atoms with van der Waals surface area (Å²) in [7, 11) is 3.16. The Morgan fingerprint density at radius 3 is 2.30 bits per heavy atom. The molecule has 2 rings (SSSR count). The highest BCUT2D eigenvalue weighted by Crippen LogP contribution is 2.35. The zero-order valence-electron chi connectivity index (χ0n) is 15.8. The average Bonchev–Trinajstić information content (AvgIpc) is 2.66. The van der Waals surface area contributed by atoms with E-state index in [1.54, 1.807) is 32.4 Å². The third-order valence-electron chi connectivity index (χ3n) is 4.30. The third-order valence-corrected chi connectivity index (χ3v) is 4.30. The second kappa shape index (κ2) is 8.93. The van der Waals surface area contributed by atoms with Gasteiger partial charge in [-0.05, 0) is 43.2 Å². The fourth-order valence-corrected chi connectivity index (χ4v) is 2.84. The average molecular weight is 372 g/mol. The van der Waals surface area contributed by atoms with Crippen molar-refractivity contribution in [3.63, 3.8) is 0 Å². The van der Waals surface area contributed by atoms with E-state index in [9.17, 15) is 9.59 Å². The summed E-state index contributed by atoms with van der Waals surface area (Å²) in [5, 5.41) is 14.5. The Labute approximate surface area is 158 Å². The summed E-state index contributed by atoms with van der Waals surface area (Å²) >= 11 is 0. The summed E-state index contributed by atoms with van der Waals surface area (Å²) in [4.78, 5) is 23.0. The highest BCUT2D eigenvalue weighted by molar-refractivity contribution is 5.87. The van der Waals surface area contributed by atoms with Crippen LogP contribution in [0.25, 0.3) is 0 Å². The lowest BCUT2D eigenvalue weighted by molar-refractivity contribution is 0.0697. The number of amides is 2. The number of hydrogen-bond donors (Lipinski definition) is 3. The number of benzene rings is 2. The van der Waals surface area contributed by atoms with Crippen molar-refractivity contribution in [2.45, 2.75) is 26.4 Å². The van der Waals surface area contributed by atoms with Gasteiger partial charge in [-0.25, -0.2) is 9.59 Å². The molecule has 27 heavy (non-hydrogen) atoms. The number of hydrogen-bond acceptors (Lipinski definition) is 4. The first-order valence-corrected chi connectivity index (χ1v) is 8.45. The Morgan fingerprint density at radius 1 is 1.07 bits per heavy atom. The standard InChI is InChI=1S/C20H24N2O5/c1-12-16(9-10-17(26-3)18(12)27-4)13(2)22-20(25)21-11-14-5-7-15(8-6-14)19(23)24/h5-10,13H,11H2,1-4H3,(H,23,24)(H2,21,22,25). The van der Waals surface area contributed by atoms with Crippen LogP contribution >= 0.6 is 0 Å². The Morgan fingerprint density at radius 2 is 1.74 bits per heavy atom. The summed E-state index contributed by atoms with van der Waals surface area (Å²) in [6.45, 7) is 4.09. The number of carbonyl (C=O) groups is 2. The number of nitrogens with one attached hydrogen (secondary N) is 2. The maximum absolute atomic E-state index is 12.2. The molecule has 0 fully saturated rings. The molecule has 2 aromatic rings. The van der Waals surface area contributed by atoms with E-state index in [-0.39, 0.29) is 17.6 Å². The predicted molar refractivity (Wildman–Crippen MR) is 101 cm³/mol. The Kier molecular flexibility index (Phi) is 6.65. The number of carboxylic acids is 1. The van der Waals surface area contributed by atoms with Gasteiger partial charge in [-0.1, -0.05) is 18.2 Å².